The lowest BCUT2D eigenvalue weighted by molar-refractivity contribution is -0.157. The third-order valence-electron chi connectivity index (χ3n) is 7.88. The van der Waals surface area contributed by atoms with Crippen molar-refractivity contribution >= 4 is 50.9 Å². The van der Waals surface area contributed by atoms with Crippen molar-refractivity contribution in [1.82, 2.24) is 34.0 Å². The van der Waals surface area contributed by atoms with Crippen molar-refractivity contribution in [2.75, 3.05) is 50.1 Å². The Morgan fingerprint density at radius 3 is 2.45 bits per heavy atom. The van der Waals surface area contributed by atoms with E-state index in [2.05, 4.69) is 49.2 Å². The average Bonchev–Trinajstić information content (AvgIpc) is 3.38. The van der Waals surface area contributed by atoms with Crippen LogP contribution in [0.4, 0.5) is 17.3 Å². The van der Waals surface area contributed by atoms with Crippen LogP contribution in [0.2, 0.25) is 0 Å². The van der Waals surface area contributed by atoms with Gasteiger partial charge in [-0.2, -0.15) is 9.50 Å². The number of pyridine rings is 1. The Balaban J connectivity index is 1.24. The minimum Gasteiger partial charge on any atom is -0.482 e. The lowest BCUT2D eigenvalue weighted by Gasteiger charge is -2.34. The second-order valence-electron chi connectivity index (χ2n) is 12.5. The van der Waals surface area contributed by atoms with Gasteiger partial charge in [0, 0.05) is 61.4 Å². The van der Waals surface area contributed by atoms with E-state index in [0.29, 0.717) is 34.1 Å². The van der Waals surface area contributed by atoms with E-state index in [-0.39, 0.29) is 23.2 Å². The van der Waals surface area contributed by atoms with Crippen molar-refractivity contribution < 1.29 is 14.3 Å². The van der Waals surface area contributed by atoms with Crippen LogP contribution in [0.25, 0.3) is 33.4 Å². The smallest absolute Gasteiger partial charge is 0.344 e. The third-order valence-corrected chi connectivity index (χ3v) is 7.88. The molecule has 0 saturated carbocycles. The van der Waals surface area contributed by atoms with E-state index in [1.165, 1.54) is 16.4 Å². The maximum Gasteiger partial charge on any atom is 0.344 e. The predicted octanol–water partition coefficient (Wildman–Crippen LogP) is 4.19. The van der Waals surface area contributed by atoms with Crippen molar-refractivity contribution in [3.63, 3.8) is 0 Å². The van der Waals surface area contributed by atoms with Gasteiger partial charge < -0.3 is 24.6 Å². The molecule has 0 atom stereocenters. The molecule has 2 aromatic carbocycles. The summed E-state index contributed by atoms with van der Waals surface area (Å²) in [5.74, 6) is 0.762. The molecular weight excluding hydrogens is 598 g/mol. The second kappa shape index (κ2) is 12.0. The molecule has 0 aliphatic carbocycles. The van der Waals surface area contributed by atoms with Gasteiger partial charge in [-0.3, -0.25) is 4.79 Å². The number of piperazine rings is 1. The number of fused-ring (bicyclic) bond motifs is 4. The highest BCUT2D eigenvalue weighted by atomic mass is 16.6. The highest BCUT2D eigenvalue weighted by molar-refractivity contribution is 5.96. The zero-order valence-electron chi connectivity index (χ0n) is 26.7. The van der Waals surface area contributed by atoms with E-state index in [1.54, 1.807) is 62.0 Å². The van der Waals surface area contributed by atoms with Crippen molar-refractivity contribution in [2.45, 2.75) is 26.4 Å². The Morgan fingerprint density at radius 2 is 1.72 bits per heavy atom. The van der Waals surface area contributed by atoms with Crippen LogP contribution in [0, 0.1) is 0 Å². The maximum absolute atomic E-state index is 14.0. The number of nitrogens with one attached hydrogen (secondary N) is 1. The van der Waals surface area contributed by atoms with Gasteiger partial charge in [-0.05, 0) is 76.3 Å². The Bertz CT molecular complexity index is 2150. The summed E-state index contributed by atoms with van der Waals surface area (Å²) in [6.07, 6.45) is 3.13. The molecule has 1 aliphatic rings. The molecule has 1 N–H and O–H groups in total. The first-order valence-electron chi connectivity index (χ1n) is 15.4. The molecule has 240 valence electrons. The molecule has 6 aromatic rings. The number of anilines is 3. The number of likely N-dealkylation sites (N-methyl/N-ethyl adjacent to an activating group) is 1. The molecule has 7 rings (SSSR count). The number of aromatic nitrogens is 6. The van der Waals surface area contributed by atoms with Crippen LogP contribution < -0.4 is 20.5 Å². The van der Waals surface area contributed by atoms with Crippen LogP contribution in [0.5, 0.6) is 5.75 Å². The second-order valence-corrected chi connectivity index (χ2v) is 12.5. The fourth-order valence-corrected chi connectivity index (χ4v) is 5.63. The van der Waals surface area contributed by atoms with Crippen LogP contribution in [0.1, 0.15) is 20.8 Å². The van der Waals surface area contributed by atoms with Gasteiger partial charge in [0.15, 0.2) is 23.7 Å². The van der Waals surface area contributed by atoms with E-state index < -0.39 is 11.6 Å². The number of rotatable bonds is 7. The summed E-state index contributed by atoms with van der Waals surface area (Å²) in [7, 11) is 2.14. The summed E-state index contributed by atoms with van der Waals surface area (Å²) in [6.45, 7) is 9.18. The fourth-order valence-electron chi connectivity index (χ4n) is 5.63. The van der Waals surface area contributed by atoms with E-state index in [0.717, 1.165) is 31.9 Å². The molecule has 0 radical (unpaired) electrons. The number of benzene rings is 2. The molecule has 1 aliphatic heterocycles. The van der Waals surface area contributed by atoms with Gasteiger partial charge in [-0.1, -0.05) is 6.07 Å². The van der Waals surface area contributed by atoms with Crippen molar-refractivity contribution in [3.05, 3.63) is 83.4 Å². The average molecular weight is 634 g/mol. The van der Waals surface area contributed by atoms with Gasteiger partial charge >= 0.3 is 5.97 Å². The number of nitrogens with zero attached hydrogens (tertiary/aromatic N) is 8. The lowest BCUT2D eigenvalue weighted by Crippen LogP contribution is -2.44. The van der Waals surface area contributed by atoms with Gasteiger partial charge in [0.1, 0.15) is 16.7 Å². The summed E-state index contributed by atoms with van der Waals surface area (Å²) >= 11 is 0. The van der Waals surface area contributed by atoms with E-state index in [9.17, 15) is 9.59 Å². The Labute approximate surface area is 270 Å². The van der Waals surface area contributed by atoms with Crippen molar-refractivity contribution in [3.8, 4) is 11.6 Å². The predicted molar refractivity (Wildman–Crippen MR) is 180 cm³/mol. The number of carbonyl (C=O) groups is 1. The lowest BCUT2D eigenvalue weighted by atomic mass is 10.2. The summed E-state index contributed by atoms with van der Waals surface area (Å²) in [5.41, 5.74) is 2.27. The van der Waals surface area contributed by atoms with E-state index >= 15 is 0 Å². The Kier molecular flexibility index (Phi) is 7.68. The molecular formula is C34H35N9O4. The summed E-state index contributed by atoms with van der Waals surface area (Å²) in [5, 5.41) is 4.17. The van der Waals surface area contributed by atoms with Gasteiger partial charge in [0.2, 0.25) is 5.95 Å². The summed E-state index contributed by atoms with van der Waals surface area (Å²) in [4.78, 5) is 49.4. The zero-order chi connectivity index (χ0) is 32.7. The molecule has 1 fully saturated rings. The van der Waals surface area contributed by atoms with Gasteiger partial charge in [0.25, 0.3) is 5.56 Å². The van der Waals surface area contributed by atoms with E-state index in [4.69, 9.17) is 14.5 Å². The molecule has 0 unspecified atom stereocenters. The topological polar surface area (TPSA) is 132 Å². The minimum atomic E-state index is -0.627. The minimum absolute atomic E-state index is 0.250. The van der Waals surface area contributed by atoms with Crippen molar-refractivity contribution in [1.29, 1.82) is 0 Å². The van der Waals surface area contributed by atoms with Crippen molar-refractivity contribution in [2.24, 2.45) is 0 Å². The van der Waals surface area contributed by atoms with Gasteiger partial charge in [-0.15, -0.1) is 0 Å². The van der Waals surface area contributed by atoms with Gasteiger partial charge in [0.05, 0.1) is 5.52 Å². The Morgan fingerprint density at radius 1 is 0.936 bits per heavy atom. The SMILES string of the molecule is CN1CCN(c2ccc(Nc3ncc4c(=O)n5c(nc4n3)c3ccc(OCC(=O)OC(C)(C)C)cc3n5-c3ccccn3)cc2)CC1. The third kappa shape index (κ3) is 6.17. The quantitative estimate of drug-likeness (QED) is 0.254. The van der Waals surface area contributed by atoms with Gasteiger partial charge in [-0.25, -0.2) is 24.4 Å². The van der Waals surface area contributed by atoms with Crippen LogP contribution in [0.3, 0.4) is 0 Å². The van der Waals surface area contributed by atoms with E-state index in [1.807, 2.05) is 18.2 Å². The normalized spacial score (nSPS) is 14.2. The van der Waals surface area contributed by atoms with Crippen LogP contribution >= 0.6 is 0 Å². The monoisotopic (exact) mass is 633 g/mol. The summed E-state index contributed by atoms with van der Waals surface area (Å²) in [6, 6.07) is 18.9. The van der Waals surface area contributed by atoms with Crippen LogP contribution in [-0.2, 0) is 9.53 Å². The Hall–Kier alpha value is -5.56. The molecule has 5 heterocycles. The first kappa shape index (κ1) is 30.1. The fraction of sp³-hybridized carbons (Fsp3) is 0.294. The standard InChI is InChI=1S/C34H35N9O4/c1-34(2,3)47-29(44)21-46-24-12-13-25-27(19-24)42(28-7-5-6-14-35-28)43-31(25)38-30-26(32(43)45)20-36-33(39-30)37-22-8-10-23(11-9-22)41-17-15-40(4)16-18-41/h5-14,19-20H,15-18,21H2,1-4H3,(H,36,37,39). The molecule has 4 aromatic heterocycles. The van der Waals surface area contributed by atoms with Crippen LogP contribution in [-0.4, -0.2) is 85.4 Å². The maximum atomic E-state index is 14.0. The number of ether oxygens (including phenoxy) is 2. The number of hydrogen-bond acceptors (Lipinski definition) is 11. The zero-order valence-corrected chi connectivity index (χ0v) is 26.7. The first-order valence-corrected chi connectivity index (χ1v) is 15.4. The van der Waals surface area contributed by atoms with Crippen LogP contribution in [0.15, 0.2) is 77.9 Å². The number of carbonyl (C=O) groups excluding carboxylic acids is 1. The highest BCUT2D eigenvalue weighted by Crippen LogP contribution is 2.28. The molecule has 0 spiro atoms. The number of esters is 1. The molecule has 0 amide bonds. The molecule has 13 nitrogen and oxygen atoms in total. The molecule has 0 bridgehead atoms. The number of hydrogen-bond donors (Lipinski definition) is 1. The largest absolute Gasteiger partial charge is 0.482 e. The highest BCUT2D eigenvalue weighted by Gasteiger charge is 2.21. The molecule has 47 heavy (non-hydrogen) atoms. The summed E-state index contributed by atoms with van der Waals surface area (Å²) < 4.78 is 14.3. The first-order chi connectivity index (χ1) is 22.6. The molecule has 13 heteroatoms. The molecule has 1 saturated heterocycles.